The van der Waals surface area contributed by atoms with Crippen LogP contribution in [-0.2, 0) is 6.54 Å². The van der Waals surface area contributed by atoms with Gasteiger partial charge in [-0.15, -0.1) is 0 Å². The molecule has 0 fully saturated rings. The molecule has 0 unspecified atom stereocenters. The molecule has 2 N–H and O–H groups in total. The normalized spacial score (nSPS) is 18.8. The van der Waals surface area contributed by atoms with Gasteiger partial charge >= 0.3 is 6.03 Å². The zero-order chi connectivity index (χ0) is 17.8. The molecule has 0 radical (unpaired) electrons. The van der Waals surface area contributed by atoms with Crippen LogP contribution < -0.4 is 15.4 Å². The van der Waals surface area contributed by atoms with Crippen molar-refractivity contribution >= 4 is 6.03 Å². The molecule has 1 aliphatic rings. The molecule has 2 amide bonds. The van der Waals surface area contributed by atoms with Gasteiger partial charge in [0.15, 0.2) is 0 Å². The molecule has 2 heterocycles. The summed E-state index contributed by atoms with van der Waals surface area (Å²) in [7, 11) is 0. The number of amides is 2. The summed E-state index contributed by atoms with van der Waals surface area (Å²) in [5, 5.41) is 10.3. The minimum absolute atomic E-state index is 0.104. The van der Waals surface area contributed by atoms with Gasteiger partial charge in [-0.05, 0) is 45.7 Å². The van der Waals surface area contributed by atoms with Gasteiger partial charge in [0.25, 0.3) is 0 Å². The number of fused-ring (bicyclic) bond motifs is 1. The van der Waals surface area contributed by atoms with E-state index < -0.39 is 0 Å². The van der Waals surface area contributed by atoms with Gasteiger partial charge in [-0.2, -0.15) is 5.10 Å². The first kappa shape index (κ1) is 17.3. The fourth-order valence-electron chi connectivity index (χ4n) is 2.94. The number of hydrogen-bond donors (Lipinski definition) is 2. The van der Waals surface area contributed by atoms with Crippen molar-refractivity contribution in [1.82, 2.24) is 25.4 Å². The monoisotopic (exact) mass is 343 g/mol. The molecular weight excluding hydrogens is 318 g/mol. The smallest absolute Gasteiger partial charge is 0.315 e. The first-order valence-electron chi connectivity index (χ1n) is 8.73. The third-order valence-corrected chi connectivity index (χ3v) is 4.41. The summed E-state index contributed by atoms with van der Waals surface area (Å²) >= 11 is 0. The van der Waals surface area contributed by atoms with Gasteiger partial charge in [0.2, 0.25) is 0 Å². The summed E-state index contributed by atoms with van der Waals surface area (Å²) in [6.07, 6.45) is 1.70. The van der Waals surface area contributed by atoms with Gasteiger partial charge in [-0.1, -0.05) is 18.2 Å². The molecular formula is C18H25N5O2. The molecule has 7 nitrogen and oxygen atoms in total. The lowest BCUT2D eigenvalue weighted by Crippen LogP contribution is -2.48. The maximum atomic E-state index is 12.4. The highest BCUT2D eigenvalue weighted by Gasteiger charge is 2.26. The number of para-hydroxylation sites is 1. The number of nitrogens with one attached hydrogen (secondary N) is 2. The van der Waals surface area contributed by atoms with E-state index in [9.17, 15) is 4.79 Å². The Labute approximate surface area is 147 Å². The van der Waals surface area contributed by atoms with Gasteiger partial charge in [-0.3, -0.25) is 0 Å². The summed E-state index contributed by atoms with van der Waals surface area (Å²) in [6, 6.07) is 9.14. The number of carbonyl (C=O) groups excluding carboxylic acids is 1. The van der Waals surface area contributed by atoms with Crippen molar-refractivity contribution in [3.8, 4) is 5.75 Å². The van der Waals surface area contributed by atoms with E-state index in [0.29, 0.717) is 0 Å². The molecule has 0 saturated carbocycles. The standard InChI is InChI=1S/C18H25N5O2/c1-12(13(2)25-15-8-5-4-6-9-15)19-18(24)21-16-10-7-11-23-17(16)20-14(3)22-23/h4-6,8-9,12-13,16H,7,10-11H2,1-3H3,(H2,19,21,24)/t12-,13-,16-/m0/s1. The van der Waals surface area contributed by atoms with Crippen LogP contribution in [0.3, 0.4) is 0 Å². The number of nitrogens with zero attached hydrogens (tertiary/aromatic N) is 3. The van der Waals surface area contributed by atoms with Gasteiger partial charge in [-0.25, -0.2) is 14.5 Å². The SMILES string of the molecule is Cc1nc2n(n1)CCC[C@@H]2NC(=O)N[C@@H](C)[C@H](C)Oc1ccccc1. The van der Waals surface area contributed by atoms with Gasteiger partial charge < -0.3 is 15.4 Å². The summed E-state index contributed by atoms with van der Waals surface area (Å²) in [5.41, 5.74) is 0. The predicted octanol–water partition coefficient (Wildman–Crippen LogP) is 2.58. The molecule has 3 atom stereocenters. The third kappa shape index (κ3) is 4.29. The second-order valence-electron chi connectivity index (χ2n) is 6.48. The molecule has 0 aliphatic carbocycles. The number of ether oxygens (including phenoxy) is 1. The first-order chi connectivity index (χ1) is 12.0. The first-order valence-corrected chi connectivity index (χ1v) is 8.73. The molecule has 1 aromatic carbocycles. The largest absolute Gasteiger partial charge is 0.489 e. The Morgan fingerprint density at radius 2 is 2.08 bits per heavy atom. The third-order valence-electron chi connectivity index (χ3n) is 4.41. The van der Waals surface area contributed by atoms with Crippen molar-refractivity contribution in [3.05, 3.63) is 42.0 Å². The number of aryl methyl sites for hydroxylation is 2. The van der Waals surface area contributed by atoms with E-state index in [-0.39, 0.29) is 24.2 Å². The molecule has 3 rings (SSSR count). The van der Waals surface area contributed by atoms with Crippen LogP contribution in [0.25, 0.3) is 0 Å². The van der Waals surface area contributed by atoms with Crippen molar-refractivity contribution in [2.45, 2.75) is 58.3 Å². The van der Waals surface area contributed by atoms with Crippen molar-refractivity contribution in [1.29, 1.82) is 0 Å². The quantitative estimate of drug-likeness (QED) is 0.874. The second kappa shape index (κ2) is 7.55. The Hall–Kier alpha value is -2.57. The van der Waals surface area contributed by atoms with Crippen molar-refractivity contribution in [2.75, 3.05) is 0 Å². The fraction of sp³-hybridized carbons (Fsp3) is 0.500. The minimum atomic E-state index is -0.213. The van der Waals surface area contributed by atoms with Crippen molar-refractivity contribution in [3.63, 3.8) is 0 Å². The maximum absolute atomic E-state index is 12.4. The van der Waals surface area contributed by atoms with E-state index in [1.54, 1.807) is 0 Å². The number of benzene rings is 1. The maximum Gasteiger partial charge on any atom is 0.315 e. The van der Waals surface area contributed by atoms with Crippen LogP contribution in [0.4, 0.5) is 4.79 Å². The number of urea groups is 1. The Morgan fingerprint density at radius 1 is 1.32 bits per heavy atom. The lowest BCUT2D eigenvalue weighted by atomic mass is 10.1. The Morgan fingerprint density at radius 3 is 2.84 bits per heavy atom. The summed E-state index contributed by atoms with van der Waals surface area (Å²) in [5.74, 6) is 2.36. The van der Waals surface area contributed by atoms with Gasteiger partial charge in [0.1, 0.15) is 23.5 Å². The highest BCUT2D eigenvalue weighted by atomic mass is 16.5. The Balaban J connectivity index is 1.54. The molecule has 134 valence electrons. The van der Waals surface area contributed by atoms with Crippen molar-refractivity contribution in [2.24, 2.45) is 0 Å². The highest BCUT2D eigenvalue weighted by molar-refractivity contribution is 5.74. The molecule has 7 heteroatoms. The lowest BCUT2D eigenvalue weighted by molar-refractivity contribution is 0.173. The topological polar surface area (TPSA) is 81.1 Å². The van der Waals surface area contributed by atoms with Crippen LogP contribution in [0.5, 0.6) is 5.75 Å². The van der Waals surface area contributed by atoms with Crippen LogP contribution in [0.15, 0.2) is 30.3 Å². The molecule has 2 aromatic rings. The summed E-state index contributed by atoms with van der Waals surface area (Å²) in [6.45, 7) is 6.60. The summed E-state index contributed by atoms with van der Waals surface area (Å²) < 4.78 is 7.74. The fourth-order valence-corrected chi connectivity index (χ4v) is 2.94. The number of rotatable bonds is 5. The number of hydrogen-bond acceptors (Lipinski definition) is 4. The molecule has 0 bridgehead atoms. The van der Waals surface area contributed by atoms with Gasteiger partial charge in [0, 0.05) is 6.54 Å². The zero-order valence-electron chi connectivity index (χ0n) is 14.9. The Bertz CT molecular complexity index is 716. The summed E-state index contributed by atoms with van der Waals surface area (Å²) in [4.78, 5) is 16.8. The predicted molar refractivity (Wildman–Crippen MR) is 94.4 cm³/mol. The average Bonchev–Trinajstić information content (AvgIpc) is 2.97. The van der Waals surface area contributed by atoms with E-state index in [1.807, 2.05) is 55.8 Å². The molecule has 0 spiro atoms. The highest BCUT2D eigenvalue weighted by Crippen LogP contribution is 2.22. The molecule has 25 heavy (non-hydrogen) atoms. The van der Waals surface area contributed by atoms with E-state index >= 15 is 0 Å². The van der Waals surface area contributed by atoms with Crippen LogP contribution in [0.2, 0.25) is 0 Å². The van der Waals surface area contributed by atoms with E-state index in [2.05, 4.69) is 20.7 Å². The van der Waals surface area contributed by atoms with E-state index in [1.165, 1.54) is 0 Å². The Kier molecular flexibility index (Phi) is 5.21. The van der Waals surface area contributed by atoms with Crippen LogP contribution in [0.1, 0.15) is 44.4 Å². The number of carbonyl (C=O) groups is 1. The van der Waals surface area contributed by atoms with Crippen LogP contribution >= 0.6 is 0 Å². The van der Waals surface area contributed by atoms with Crippen LogP contribution in [-0.4, -0.2) is 32.9 Å². The van der Waals surface area contributed by atoms with E-state index in [0.717, 1.165) is 36.8 Å². The van der Waals surface area contributed by atoms with E-state index in [4.69, 9.17) is 4.74 Å². The van der Waals surface area contributed by atoms with Crippen LogP contribution in [0, 0.1) is 6.92 Å². The average molecular weight is 343 g/mol. The van der Waals surface area contributed by atoms with Crippen molar-refractivity contribution < 1.29 is 9.53 Å². The molecule has 1 aromatic heterocycles. The number of aromatic nitrogens is 3. The molecule has 0 saturated heterocycles. The lowest BCUT2D eigenvalue weighted by Gasteiger charge is -2.26. The zero-order valence-corrected chi connectivity index (χ0v) is 14.9. The second-order valence-corrected chi connectivity index (χ2v) is 6.48. The minimum Gasteiger partial charge on any atom is -0.489 e. The van der Waals surface area contributed by atoms with Gasteiger partial charge in [0.05, 0.1) is 12.1 Å². The molecule has 1 aliphatic heterocycles.